The second-order valence-corrected chi connectivity index (χ2v) is 8.73. The molecule has 10 heteroatoms. The van der Waals surface area contributed by atoms with Gasteiger partial charge in [0, 0.05) is 29.2 Å². The molecule has 174 valence electrons. The molecular weight excluding hydrogens is 459 g/mol. The monoisotopic (exact) mass is 480 g/mol. The molecule has 0 N–H and O–H groups in total. The molecule has 0 fully saturated rings. The Kier molecular flexibility index (Phi) is 5.30. The number of imidazole rings is 1. The maximum atomic E-state index is 14.4. The number of aliphatic imine (C=N–C) groups is 1. The Balaban J connectivity index is 1.46. The molecule has 3 aliphatic rings. The predicted octanol–water partition coefficient (Wildman–Crippen LogP) is 4.40. The van der Waals surface area contributed by atoms with E-state index in [1.54, 1.807) is 6.33 Å². The quantitative estimate of drug-likeness (QED) is 0.423. The summed E-state index contributed by atoms with van der Waals surface area (Å²) in [6.45, 7) is 3.57. The number of fused-ring (bicyclic) bond motifs is 5. The van der Waals surface area contributed by atoms with Crippen LogP contribution in [0.4, 0.5) is 4.39 Å². The van der Waals surface area contributed by atoms with Gasteiger partial charge in [-0.1, -0.05) is 23.8 Å². The van der Waals surface area contributed by atoms with E-state index in [0.29, 0.717) is 66.4 Å². The number of nitrogens with zero attached hydrogens (tertiary/aromatic N) is 6. The van der Waals surface area contributed by atoms with Gasteiger partial charge < -0.3 is 14.0 Å². The van der Waals surface area contributed by atoms with E-state index < -0.39 is 0 Å². The second kappa shape index (κ2) is 8.48. The topological polar surface area (TPSA) is 79.3 Å². The van der Waals surface area contributed by atoms with Crippen LogP contribution < -0.4 is 0 Å². The maximum Gasteiger partial charge on any atom is 0.238 e. The lowest BCUT2D eigenvalue weighted by atomic mass is 10.0. The third kappa shape index (κ3) is 3.47. The standard InChI is InChI=1S/C24H22ClFN6O2/c1-2-33-12-21-29-30-23-16-9-14(25)7-8-19(16)32-13-27-22(20(32)10-31(21)23)24-28-18(11-34-24)15-5-3-4-6-17(15)26/h3,5,7-9,13,18H,2,4,6,10-12H2,1H3/t18-/m1/s1. The molecule has 1 aromatic carbocycles. The minimum atomic E-state index is -0.375. The highest BCUT2D eigenvalue weighted by molar-refractivity contribution is 6.31. The van der Waals surface area contributed by atoms with Crippen molar-refractivity contribution < 1.29 is 13.9 Å². The van der Waals surface area contributed by atoms with Gasteiger partial charge in [-0.2, -0.15) is 0 Å². The van der Waals surface area contributed by atoms with Crippen molar-refractivity contribution in [2.24, 2.45) is 4.99 Å². The van der Waals surface area contributed by atoms with Gasteiger partial charge in [0.25, 0.3) is 0 Å². The summed E-state index contributed by atoms with van der Waals surface area (Å²) in [7, 11) is 0. The zero-order chi connectivity index (χ0) is 23.2. The Morgan fingerprint density at radius 3 is 3.06 bits per heavy atom. The molecule has 1 aliphatic carbocycles. The number of hydrogen-bond donors (Lipinski definition) is 0. The highest BCUT2D eigenvalue weighted by atomic mass is 35.5. The largest absolute Gasteiger partial charge is 0.474 e. The van der Waals surface area contributed by atoms with E-state index in [4.69, 9.17) is 26.1 Å². The minimum Gasteiger partial charge on any atom is -0.474 e. The normalized spacial score (nSPS) is 18.8. The molecule has 0 saturated heterocycles. The summed E-state index contributed by atoms with van der Waals surface area (Å²) in [6.07, 6.45) is 6.66. The first kappa shape index (κ1) is 21.2. The summed E-state index contributed by atoms with van der Waals surface area (Å²) in [5.41, 5.74) is 3.80. The molecule has 2 aromatic heterocycles. The van der Waals surface area contributed by atoms with Crippen molar-refractivity contribution in [3.63, 3.8) is 0 Å². The number of hydrogen-bond acceptors (Lipinski definition) is 6. The molecule has 6 rings (SSSR count). The Morgan fingerprint density at radius 1 is 1.29 bits per heavy atom. The smallest absolute Gasteiger partial charge is 0.238 e. The zero-order valence-corrected chi connectivity index (χ0v) is 19.3. The van der Waals surface area contributed by atoms with Crippen molar-refractivity contribution >= 4 is 17.5 Å². The third-order valence-corrected chi connectivity index (χ3v) is 6.48. The molecular formula is C24H22ClFN6O2. The molecule has 2 aliphatic heterocycles. The molecule has 0 saturated carbocycles. The Labute approximate surface area is 200 Å². The van der Waals surface area contributed by atoms with Crippen molar-refractivity contribution in [3.05, 3.63) is 70.3 Å². The SMILES string of the molecule is CCOCc1nnc2n1Cc1c(C3=N[C@@H](C4=C(F)CCC=C4)CO3)ncn1-c1ccc(Cl)cc1-2. The number of aromatic nitrogens is 5. The van der Waals surface area contributed by atoms with Gasteiger partial charge in [0.2, 0.25) is 5.90 Å². The number of benzene rings is 1. The Bertz CT molecular complexity index is 1370. The zero-order valence-electron chi connectivity index (χ0n) is 18.5. The lowest BCUT2D eigenvalue weighted by Crippen LogP contribution is -2.13. The van der Waals surface area contributed by atoms with Crippen LogP contribution in [0.1, 0.15) is 37.0 Å². The van der Waals surface area contributed by atoms with Crippen LogP contribution >= 0.6 is 11.6 Å². The molecule has 0 spiro atoms. The summed E-state index contributed by atoms with van der Waals surface area (Å²) >= 11 is 6.34. The van der Waals surface area contributed by atoms with Crippen molar-refractivity contribution in [1.82, 2.24) is 24.3 Å². The van der Waals surface area contributed by atoms with Crippen LogP contribution in [0.15, 0.2) is 53.1 Å². The molecule has 3 aromatic rings. The van der Waals surface area contributed by atoms with Crippen LogP contribution in [0.3, 0.4) is 0 Å². The number of ether oxygens (including phenoxy) is 2. The lowest BCUT2D eigenvalue weighted by Gasteiger charge is -2.12. The van der Waals surface area contributed by atoms with E-state index in [2.05, 4.69) is 15.2 Å². The first-order chi connectivity index (χ1) is 16.6. The number of halogens is 2. The van der Waals surface area contributed by atoms with Crippen LogP contribution in [0.2, 0.25) is 5.02 Å². The molecule has 1 atom stereocenters. The highest BCUT2D eigenvalue weighted by Crippen LogP contribution is 2.35. The van der Waals surface area contributed by atoms with E-state index in [1.807, 2.05) is 46.4 Å². The minimum absolute atomic E-state index is 0.120. The van der Waals surface area contributed by atoms with E-state index in [1.165, 1.54) is 0 Å². The second-order valence-electron chi connectivity index (χ2n) is 8.30. The Hall–Kier alpha value is -3.30. The molecule has 34 heavy (non-hydrogen) atoms. The van der Waals surface area contributed by atoms with E-state index in [9.17, 15) is 4.39 Å². The van der Waals surface area contributed by atoms with E-state index in [0.717, 1.165) is 16.9 Å². The summed E-state index contributed by atoms with van der Waals surface area (Å²) in [5.74, 6) is 1.70. The van der Waals surface area contributed by atoms with Gasteiger partial charge in [-0.3, -0.25) is 4.57 Å². The first-order valence-corrected chi connectivity index (χ1v) is 11.6. The van der Waals surface area contributed by atoms with Gasteiger partial charge in [-0.25, -0.2) is 14.4 Å². The first-order valence-electron chi connectivity index (χ1n) is 11.3. The summed E-state index contributed by atoms with van der Waals surface area (Å²) in [6, 6.07) is 5.27. The molecule has 0 bridgehead atoms. The predicted molar refractivity (Wildman–Crippen MR) is 125 cm³/mol. The van der Waals surface area contributed by atoms with Crippen molar-refractivity contribution in [2.45, 2.75) is 39.0 Å². The van der Waals surface area contributed by atoms with E-state index >= 15 is 0 Å². The van der Waals surface area contributed by atoms with Crippen LogP contribution in [0.5, 0.6) is 0 Å². The summed E-state index contributed by atoms with van der Waals surface area (Å²) in [4.78, 5) is 9.36. The van der Waals surface area contributed by atoms with Gasteiger partial charge in [0.1, 0.15) is 37.1 Å². The number of rotatable bonds is 5. The van der Waals surface area contributed by atoms with Gasteiger partial charge >= 0.3 is 0 Å². The highest BCUT2D eigenvalue weighted by Gasteiger charge is 2.32. The fourth-order valence-electron chi connectivity index (χ4n) is 4.57. The fraction of sp³-hybridized carbons (Fsp3) is 0.333. The number of allylic oxidation sites excluding steroid dienone is 2. The third-order valence-electron chi connectivity index (χ3n) is 6.25. The molecule has 4 heterocycles. The van der Waals surface area contributed by atoms with E-state index in [-0.39, 0.29) is 18.5 Å². The molecule has 0 radical (unpaired) electrons. The summed E-state index contributed by atoms with van der Waals surface area (Å²) < 4.78 is 30.0. The van der Waals surface area contributed by atoms with Gasteiger partial charge in [-0.15, -0.1) is 10.2 Å². The Morgan fingerprint density at radius 2 is 2.21 bits per heavy atom. The molecule has 8 nitrogen and oxygen atoms in total. The van der Waals surface area contributed by atoms with Crippen LogP contribution in [0, 0.1) is 0 Å². The van der Waals surface area contributed by atoms with Crippen LogP contribution in [-0.2, 0) is 22.6 Å². The van der Waals surface area contributed by atoms with Crippen LogP contribution in [-0.4, -0.2) is 49.5 Å². The molecule has 0 amide bonds. The summed E-state index contributed by atoms with van der Waals surface area (Å²) in [5, 5.41) is 9.42. The van der Waals surface area contributed by atoms with Gasteiger partial charge in [0.05, 0.1) is 17.9 Å². The van der Waals surface area contributed by atoms with Crippen molar-refractivity contribution in [2.75, 3.05) is 13.2 Å². The van der Waals surface area contributed by atoms with Crippen LogP contribution in [0.25, 0.3) is 17.1 Å². The van der Waals surface area contributed by atoms with Gasteiger partial charge in [0.15, 0.2) is 11.6 Å². The molecule has 0 unspecified atom stereocenters. The van der Waals surface area contributed by atoms with Gasteiger partial charge in [-0.05, 0) is 31.5 Å². The van der Waals surface area contributed by atoms with Crippen molar-refractivity contribution in [3.8, 4) is 17.1 Å². The fourth-order valence-corrected chi connectivity index (χ4v) is 4.74. The lowest BCUT2D eigenvalue weighted by molar-refractivity contribution is 0.125. The average Bonchev–Trinajstić information content (AvgIpc) is 3.56. The maximum absolute atomic E-state index is 14.4. The average molecular weight is 481 g/mol. The van der Waals surface area contributed by atoms with Crippen molar-refractivity contribution in [1.29, 1.82) is 0 Å².